The van der Waals surface area contributed by atoms with Crippen LogP contribution in [0.3, 0.4) is 0 Å². The first-order valence-corrected chi connectivity index (χ1v) is 18.3. The molecule has 3 unspecified atom stereocenters. The van der Waals surface area contributed by atoms with Crippen LogP contribution in [0.5, 0.6) is 0 Å². The Hall–Kier alpha value is -2.16. The van der Waals surface area contributed by atoms with Crippen molar-refractivity contribution in [2.24, 2.45) is 11.8 Å². The number of hydrogen-bond acceptors (Lipinski definition) is 12. The van der Waals surface area contributed by atoms with Crippen molar-refractivity contribution >= 4 is 11.9 Å². The summed E-state index contributed by atoms with van der Waals surface area (Å²) in [5, 5.41) is 37.2. The van der Waals surface area contributed by atoms with Crippen LogP contribution in [0.2, 0.25) is 0 Å². The van der Waals surface area contributed by atoms with Crippen molar-refractivity contribution in [2.75, 3.05) is 53.4 Å². The van der Waals surface area contributed by atoms with Crippen molar-refractivity contribution in [1.29, 1.82) is 0 Å². The summed E-state index contributed by atoms with van der Waals surface area (Å²) in [5.41, 5.74) is -2.02. The first-order valence-electron chi connectivity index (χ1n) is 18.3. The van der Waals surface area contributed by atoms with E-state index in [1.807, 2.05) is 19.9 Å². The molecule has 12 heteroatoms. The van der Waals surface area contributed by atoms with Gasteiger partial charge < -0.3 is 44.5 Å². The highest BCUT2D eigenvalue weighted by Crippen LogP contribution is 2.39. The molecule has 2 fully saturated rings. The molecule has 0 aromatic carbocycles. The van der Waals surface area contributed by atoms with Crippen molar-refractivity contribution in [2.45, 2.75) is 128 Å². The Labute approximate surface area is 299 Å². The van der Waals surface area contributed by atoms with Gasteiger partial charge in [0.1, 0.15) is 23.9 Å². The molecule has 50 heavy (non-hydrogen) atoms. The minimum Gasteiger partial charge on any atom is -0.457 e. The van der Waals surface area contributed by atoms with Crippen LogP contribution in [0.15, 0.2) is 36.0 Å². The third-order valence-electron chi connectivity index (χ3n) is 10.6. The smallest absolute Gasteiger partial charge is 0.309 e. The maximum Gasteiger partial charge on any atom is 0.309 e. The normalized spacial score (nSPS) is 34.5. The predicted molar refractivity (Wildman–Crippen MR) is 192 cm³/mol. The van der Waals surface area contributed by atoms with Gasteiger partial charge in [0.15, 0.2) is 0 Å². The molecule has 0 aliphatic carbocycles. The Balaban J connectivity index is 1.81. The summed E-state index contributed by atoms with van der Waals surface area (Å²) in [4.78, 5) is 29.5. The molecule has 3 aliphatic heterocycles. The second kappa shape index (κ2) is 19.1. The summed E-state index contributed by atoms with van der Waals surface area (Å²) >= 11 is 0. The van der Waals surface area contributed by atoms with Gasteiger partial charge in [-0.1, -0.05) is 45.1 Å². The number of ether oxygens (including phenoxy) is 4. The number of aliphatic hydroxyl groups excluding tert-OH is 1. The molecule has 0 aromatic rings. The minimum atomic E-state index is -1.45. The molecular formula is C38H65N3O9. The number of allylic oxidation sites excluding steroid dienone is 2. The van der Waals surface area contributed by atoms with Gasteiger partial charge in [-0.05, 0) is 58.7 Å². The van der Waals surface area contributed by atoms with Gasteiger partial charge in [-0.25, -0.2) is 0 Å². The molecule has 12 nitrogen and oxygen atoms in total. The Morgan fingerprint density at radius 1 is 1.22 bits per heavy atom. The van der Waals surface area contributed by atoms with Gasteiger partial charge in [0.05, 0.1) is 36.4 Å². The number of piperazine rings is 1. The van der Waals surface area contributed by atoms with Crippen molar-refractivity contribution < 1.29 is 43.9 Å². The summed E-state index contributed by atoms with van der Waals surface area (Å²) in [6.45, 7) is 18.2. The zero-order chi connectivity index (χ0) is 37.2. The van der Waals surface area contributed by atoms with Gasteiger partial charge in [-0.2, -0.15) is 0 Å². The monoisotopic (exact) mass is 707 g/mol. The maximum atomic E-state index is 12.9. The second-order valence-corrected chi connectivity index (χ2v) is 15.1. The SMILES string of the molecule is CC[C@H](OC)[C@@H](C)[C@H]1O[C@@H]1C(NCCN1CCN(C)CC1)C(C)(O)/C=C/C=C(\C)C1OC(=O)C[C@H](O)CC[C@@](C)(O)[C@@H](OC(C)=O)/C=C/[C@@H]1C. The standard InChI is InChI=1S/C38H65N3O9/c1-10-30(47-9)27(4)34-35(50-34)36(39-18-19-41-22-20-40(8)21-23-41)38(7,46)16-11-12-25(2)33-26(3)13-14-31(48-28(5)42)37(6,45)17-15-29(43)24-32(44)49-33/h11-14,16,26-27,29-31,33-36,39,43,45-46H,10,15,17-24H2,1-9H3/b14-13+,16-11+,25-12+/t26-,27+,29+,30-,31-,33?,34+,35-,36?,37+,38?/m0/s1. The van der Waals surface area contributed by atoms with E-state index in [2.05, 4.69) is 36.0 Å². The Morgan fingerprint density at radius 3 is 2.52 bits per heavy atom. The number of methoxy groups -OCH3 is 1. The van der Waals surface area contributed by atoms with Gasteiger partial charge in [-0.3, -0.25) is 14.5 Å². The molecular weight excluding hydrogens is 642 g/mol. The van der Waals surface area contributed by atoms with E-state index in [1.54, 1.807) is 45.3 Å². The van der Waals surface area contributed by atoms with Crippen molar-refractivity contribution in [3.05, 3.63) is 36.0 Å². The Bertz CT molecular complexity index is 1180. The molecule has 286 valence electrons. The number of carbonyl (C=O) groups is 2. The number of carbonyl (C=O) groups excluding carboxylic acids is 2. The number of hydrogen-bond donors (Lipinski definition) is 4. The van der Waals surface area contributed by atoms with E-state index in [1.165, 1.54) is 6.92 Å². The highest BCUT2D eigenvalue weighted by molar-refractivity contribution is 5.70. The molecule has 3 rings (SSSR count). The topological polar surface area (TPSA) is 154 Å². The average Bonchev–Trinajstić information content (AvgIpc) is 3.83. The van der Waals surface area contributed by atoms with Crippen LogP contribution in [0.4, 0.5) is 0 Å². The van der Waals surface area contributed by atoms with Crippen LogP contribution >= 0.6 is 0 Å². The van der Waals surface area contributed by atoms with E-state index in [9.17, 15) is 24.9 Å². The zero-order valence-electron chi connectivity index (χ0n) is 31.8. The number of likely N-dealkylation sites (N-methyl/N-ethyl adjacent to an activating group) is 1. The van der Waals surface area contributed by atoms with E-state index in [-0.39, 0.29) is 55.5 Å². The fraction of sp³-hybridized carbons (Fsp3) is 0.789. The highest BCUT2D eigenvalue weighted by Gasteiger charge is 2.54. The van der Waals surface area contributed by atoms with E-state index in [4.69, 9.17) is 18.9 Å². The third kappa shape index (κ3) is 12.5. The molecule has 3 aliphatic rings. The number of nitrogens with one attached hydrogen (secondary N) is 1. The Kier molecular flexibility index (Phi) is 16.1. The molecule has 4 N–H and O–H groups in total. The lowest BCUT2D eigenvalue weighted by molar-refractivity contribution is -0.157. The van der Waals surface area contributed by atoms with Crippen LogP contribution in [0.1, 0.15) is 74.1 Å². The summed E-state index contributed by atoms with van der Waals surface area (Å²) in [5.74, 6) is -1.30. The van der Waals surface area contributed by atoms with Gasteiger partial charge in [-0.15, -0.1) is 0 Å². The van der Waals surface area contributed by atoms with Crippen LogP contribution in [-0.4, -0.2) is 144 Å². The lowest BCUT2D eigenvalue weighted by Gasteiger charge is -2.34. The van der Waals surface area contributed by atoms with Crippen LogP contribution < -0.4 is 5.32 Å². The lowest BCUT2D eigenvalue weighted by atomic mass is 9.87. The van der Waals surface area contributed by atoms with Gasteiger partial charge in [0.2, 0.25) is 0 Å². The summed E-state index contributed by atoms with van der Waals surface area (Å²) in [6, 6.07) is -0.379. The van der Waals surface area contributed by atoms with Crippen molar-refractivity contribution in [1.82, 2.24) is 15.1 Å². The maximum absolute atomic E-state index is 12.9. The fourth-order valence-corrected chi connectivity index (χ4v) is 7.12. The zero-order valence-corrected chi connectivity index (χ0v) is 31.8. The van der Waals surface area contributed by atoms with Crippen LogP contribution in [0.25, 0.3) is 0 Å². The molecule has 0 saturated carbocycles. The van der Waals surface area contributed by atoms with Gasteiger partial charge in [0, 0.05) is 65.1 Å². The molecule has 0 bridgehead atoms. The van der Waals surface area contributed by atoms with Gasteiger partial charge in [0.25, 0.3) is 0 Å². The van der Waals surface area contributed by atoms with Gasteiger partial charge >= 0.3 is 11.9 Å². The second-order valence-electron chi connectivity index (χ2n) is 15.1. The van der Waals surface area contributed by atoms with Crippen molar-refractivity contribution in [3.8, 4) is 0 Å². The summed E-state index contributed by atoms with van der Waals surface area (Å²) in [7, 11) is 3.86. The van der Waals surface area contributed by atoms with E-state index in [0.29, 0.717) is 12.1 Å². The minimum absolute atomic E-state index is 0.0478. The number of esters is 2. The number of aliphatic hydroxyl groups is 3. The molecule has 0 aromatic heterocycles. The van der Waals surface area contributed by atoms with Crippen LogP contribution in [-0.2, 0) is 28.5 Å². The molecule has 2 saturated heterocycles. The molecule has 11 atom stereocenters. The molecule has 3 heterocycles. The summed E-state index contributed by atoms with van der Waals surface area (Å²) in [6.07, 6.45) is 6.73. The average molecular weight is 708 g/mol. The van der Waals surface area contributed by atoms with E-state index >= 15 is 0 Å². The quantitative estimate of drug-likeness (QED) is 0.0909. The third-order valence-corrected chi connectivity index (χ3v) is 10.6. The van der Waals surface area contributed by atoms with E-state index < -0.39 is 41.5 Å². The first-order chi connectivity index (χ1) is 23.5. The first kappa shape index (κ1) is 42.3. The fourth-order valence-electron chi connectivity index (χ4n) is 7.12. The van der Waals surface area contributed by atoms with Crippen LogP contribution in [0, 0.1) is 11.8 Å². The lowest BCUT2D eigenvalue weighted by Crippen LogP contribution is -2.54. The Morgan fingerprint density at radius 2 is 1.90 bits per heavy atom. The highest BCUT2D eigenvalue weighted by atomic mass is 16.6. The number of nitrogens with zero attached hydrogens (tertiary/aromatic N) is 2. The number of epoxide rings is 1. The molecule has 0 radical (unpaired) electrons. The predicted octanol–water partition coefficient (Wildman–Crippen LogP) is 2.61. The van der Waals surface area contributed by atoms with Crippen molar-refractivity contribution in [3.63, 3.8) is 0 Å². The molecule has 0 spiro atoms. The molecule has 0 amide bonds. The largest absolute Gasteiger partial charge is 0.457 e. The number of rotatable bonds is 14. The van der Waals surface area contributed by atoms with E-state index in [0.717, 1.165) is 39.1 Å². The number of cyclic esters (lactones) is 1. The summed E-state index contributed by atoms with van der Waals surface area (Å²) < 4.78 is 23.2.